The largest absolute Gasteiger partial charge is 0.373 e. The van der Waals surface area contributed by atoms with E-state index in [4.69, 9.17) is 4.89 Å². The van der Waals surface area contributed by atoms with E-state index in [9.17, 15) is 4.79 Å². The van der Waals surface area contributed by atoms with Gasteiger partial charge >= 0.3 is 5.97 Å². The number of rotatable bonds is 5. The third-order valence-corrected chi connectivity index (χ3v) is 3.50. The van der Waals surface area contributed by atoms with E-state index in [2.05, 4.69) is 58.6 Å². The lowest BCUT2D eigenvalue weighted by atomic mass is 9.84. The van der Waals surface area contributed by atoms with Gasteiger partial charge in [-0.1, -0.05) is 53.7 Å². The van der Waals surface area contributed by atoms with E-state index in [1.807, 2.05) is 0 Å². The van der Waals surface area contributed by atoms with E-state index in [0.717, 1.165) is 11.1 Å². The van der Waals surface area contributed by atoms with Crippen molar-refractivity contribution >= 4 is 5.97 Å². The van der Waals surface area contributed by atoms with Crippen LogP contribution in [0, 0.1) is 0 Å². The van der Waals surface area contributed by atoms with Crippen LogP contribution in [0.5, 0.6) is 0 Å². The Labute approximate surface area is 122 Å². The van der Waals surface area contributed by atoms with Crippen molar-refractivity contribution in [3.63, 3.8) is 0 Å². The van der Waals surface area contributed by atoms with Crippen LogP contribution >= 0.6 is 0 Å². The molecule has 0 N–H and O–H groups in total. The second-order valence-electron chi connectivity index (χ2n) is 6.08. The molecule has 0 radical (unpaired) electrons. The molecule has 1 rings (SSSR count). The first-order chi connectivity index (χ1) is 9.29. The van der Waals surface area contributed by atoms with Gasteiger partial charge in [-0.15, -0.1) is 0 Å². The minimum absolute atomic E-state index is 0.255. The molecule has 1 aromatic rings. The minimum Gasteiger partial charge on any atom is -0.293 e. The van der Waals surface area contributed by atoms with Gasteiger partial charge in [0.15, 0.2) is 0 Å². The van der Waals surface area contributed by atoms with E-state index in [-0.39, 0.29) is 11.8 Å². The van der Waals surface area contributed by atoms with Crippen LogP contribution in [-0.2, 0) is 9.78 Å². The average molecular weight is 278 g/mol. The van der Waals surface area contributed by atoms with E-state index in [0.29, 0.717) is 11.5 Å². The predicted molar refractivity (Wildman–Crippen MR) is 81.1 cm³/mol. The maximum atomic E-state index is 12.2. The van der Waals surface area contributed by atoms with Crippen LogP contribution in [-0.4, -0.2) is 13.1 Å². The van der Waals surface area contributed by atoms with Crippen LogP contribution in [0.1, 0.15) is 86.3 Å². The predicted octanol–water partition coefficient (Wildman–Crippen LogP) is 4.78. The summed E-state index contributed by atoms with van der Waals surface area (Å²) in [6.45, 7) is 12.7. The standard InChI is InChI=1S/C17H26O3/c1-10(2)13-8-14(11(3)4)16(17(18)20-19-7)15(9-13)12(5)6/h8-12H,1-7H3. The summed E-state index contributed by atoms with van der Waals surface area (Å²) < 4.78 is 0. The topological polar surface area (TPSA) is 35.5 Å². The summed E-state index contributed by atoms with van der Waals surface area (Å²) in [6, 6.07) is 4.24. The van der Waals surface area contributed by atoms with E-state index in [1.165, 1.54) is 12.7 Å². The second kappa shape index (κ2) is 6.89. The average Bonchev–Trinajstić information content (AvgIpc) is 2.36. The number of carbonyl (C=O) groups excluding carboxylic acids is 1. The van der Waals surface area contributed by atoms with Crippen LogP contribution in [0.15, 0.2) is 12.1 Å². The van der Waals surface area contributed by atoms with Crippen molar-refractivity contribution in [2.75, 3.05) is 7.11 Å². The highest BCUT2D eigenvalue weighted by Crippen LogP contribution is 2.32. The molecule has 0 heterocycles. The molecule has 0 amide bonds. The summed E-state index contributed by atoms with van der Waals surface area (Å²) in [5, 5.41) is 0. The quantitative estimate of drug-likeness (QED) is 0.574. The molecule has 0 aliphatic carbocycles. The molecular weight excluding hydrogens is 252 g/mol. The molecule has 0 saturated heterocycles. The highest BCUT2D eigenvalue weighted by Gasteiger charge is 2.23. The van der Waals surface area contributed by atoms with Gasteiger partial charge in [0.1, 0.15) is 0 Å². The molecule has 0 bridgehead atoms. The molecule has 0 atom stereocenters. The summed E-state index contributed by atoms with van der Waals surface area (Å²) >= 11 is 0. The van der Waals surface area contributed by atoms with Gasteiger partial charge in [-0.3, -0.25) is 4.89 Å². The van der Waals surface area contributed by atoms with Crippen molar-refractivity contribution in [1.29, 1.82) is 0 Å². The molecule has 0 unspecified atom stereocenters. The Hall–Kier alpha value is -1.35. The number of carbonyl (C=O) groups is 1. The fourth-order valence-corrected chi connectivity index (χ4v) is 2.31. The number of hydrogen-bond acceptors (Lipinski definition) is 3. The summed E-state index contributed by atoms with van der Waals surface area (Å²) in [4.78, 5) is 21.6. The SMILES string of the molecule is COOC(=O)c1c(C(C)C)cc(C(C)C)cc1C(C)C. The van der Waals surface area contributed by atoms with Crippen LogP contribution < -0.4 is 0 Å². The molecular formula is C17H26O3. The number of benzene rings is 1. The van der Waals surface area contributed by atoms with E-state index >= 15 is 0 Å². The van der Waals surface area contributed by atoms with Crippen molar-refractivity contribution in [1.82, 2.24) is 0 Å². The van der Waals surface area contributed by atoms with Gasteiger partial charge in [0.25, 0.3) is 0 Å². The number of hydrogen-bond donors (Lipinski definition) is 0. The van der Waals surface area contributed by atoms with E-state index in [1.54, 1.807) is 0 Å². The molecule has 3 nitrogen and oxygen atoms in total. The zero-order chi connectivity index (χ0) is 15.4. The Morgan fingerprint density at radius 3 is 1.65 bits per heavy atom. The lowest BCUT2D eigenvalue weighted by Gasteiger charge is -2.21. The fourth-order valence-electron chi connectivity index (χ4n) is 2.31. The Morgan fingerprint density at radius 2 is 1.35 bits per heavy atom. The molecule has 0 saturated carbocycles. The molecule has 0 fully saturated rings. The molecule has 1 aromatic carbocycles. The normalized spacial score (nSPS) is 11.5. The molecule has 0 aliphatic rings. The molecule has 3 heteroatoms. The second-order valence-corrected chi connectivity index (χ2v) is 6.08. The summed E-state index contributed by atoms with van der Waals surface area (Å²) in [7, 11) is 1.35. The first-order valence-corrected chi connectivity index (χ1v) is 7.22. The first-order valence-electron chi connectivity index (χ1n) is 7.22. The van der Waals surface area contributed by atoms with Crippen molar-refractivity contribution in [3.05, 3.63) is 34.4 Å². The zero-order valence-corrected chi connectivity index (χ0v) is 13.6. The molecule has 20 heavy (non-hydrogen) atoms. The minimum atomic E-state index is -0.407. The van der Waals surface area contributed by atoms with Gasteiger partial charge < -0.3 is 0 Å². The van der Waals surface area contributed by atoms with Gasteiger partial charge in [0, 0.05) is 0 Å². The maximum Gasteiger partial charge on any atom is 0.373 e. The first kappa shape index (κ1) is 16.7. The van der Waals surface area contributed by atoms with Crippen LogP contribution in [0.2, 0.25) is 0 Å². The summed E-state index contributed by atoms with van der Waals surface area (Å²) in [5.41, 5.74) is 3.97. The smallest absolute Gasteiger partial charge is 0.293 e. The third kappa shape index (κ3) is 3.60. The lowest BCUT2D eigenvalue weighted by Crippen LogP contribution is -2.14. The van der Waals surface area contributed by atoms with Crippen molar-refractivity contribution < 1.29 is 14.6 Å². The van der Waals surface area contributed by atoms with Gasteiger partial charge in [0.05, 0.1) is 12.7 Å². The molecule has 0 spiro atoms. The summed E-state index contributed by atoms with van der Waals surface area (Å²) in [5.74, 6) is 0.531. The van der Waals surface area contributed by atoms with Crippen molar-refractivity contribution in [3.8, 4) is 0 Å². The monoisotopic (exact) mass is 278 g/mol. The van der Waals surface area contributed by atoms with Crippen LogP contribution in [0.4, 0.5) is 0 Å². The van der Waals surface area contributed by atoms with Crippen LogP contribution in [0.25, 0.3) is 0 Å². The van der Waals surface area contributed by atoms with Crippen LogP contribution in [0.3, 0.4) is 0 Å². The van der Waals surface area contributed by atoms with Gasteiger partial charge in [-0.05, 0) is 34.4 Å². The fraction of sp³-hybridized carbons (Fsp3) is 0.588. The molecule has 0 aromatic heterocycles. The highest BCUT2D eigenvalue weighted by molar-refractivity contribution is 5.93. The highest BCUT2D eigenvalue weighted by atomic mass is 17.2. The Kier molecular flexibility index (Phi) is 5.75. The summed E-state index contributed by atoms with van der Waals surface area (Å²) in [6.07, 6.45) is 0. The van der Waals surface area contributed by atoms with E-state index < -0.39 is 5.97 Å². The maximum absolute atomic E-state index is 12.2. The van der Waals surface area contributed by atoms with Crippen molar-refractivity contribution in [2.24, 2.45) is 0 Å². The Balaban J connectivity index is 3.55. The Morgan fingerprint density at radius 1 is 0.900 bits per heavy atom. The molecule has 0 aliphatic heterocycles. The van der Waals surface area contributed by atoms with Crippen molar-refractivity contribution in [2.45, 2.75) is 59.3 Å². The van der Waals surface area contributed by atoms with Gasteiger partial charge in [-0.2, -0.15) is 4.89 Å². The lowest BCUT2D eigenvalue weighted by molar-refractivity contribution is -0.216. The Bertz CT molecular complexity index is 444. The molecule has 112 valence electrons. The van der Waals surface area contributed by atoms with Gasteiger partial charge in [-0.25, -0.2) is 4.79 Å². The van der Waals surface area contributed by atoms with Gasteiger partial charge in [0.2, 0.25) is 0 Å². The zero-order valence-electron chi connectivity index (χ0n) is 13.6. The third-order valence-electron chi connectivity index (χ3n) is 3.50.